The van der Waals surface area contributed by atoms with Crippen LogP contribution in [0.1, 0.15) is 13.8 Å². The van der Waals surface area contributed by atoms with Crippen molar-refractivity contribution in [2.75, 3.05) is 42.3 Å². The molecule has 2 rings (SSSR count). The van der Waals surface area contributed by atoms with Gasteiger partial charge in [-0.2, -0.15) is 10.0 Å². The Labute approximate surface area is 147 Å². The van der Waals surface area contributed by atoms with E-state index in [0.717, 1.165) is 0 Å². The van der Waals surface area contributed by atoms with Crippen LogP contribution >= 0.6 is 0 Å². The number of nitrogens with zero attached hydrogens (tertiary/aromatic N) is 6. The molecule has 2 heterocycles. The van der Waals surface area contributed by atoms with Crippen molar-refractivity contribution in [1.82, 2.24) is 29.8 Å². The second-order valence-electron chi connectivity index (χ2n) is 5.12. The van der Waals surface area contributed by atoms with E-state index in [4.69, 9.17) is 0 Å². The van der Waals surface area contributed by atoms with Gasteiger partial charge in [-0.1, -0.05) is 10.0 Å². The van der Waals surface area contributed by atoms with Gasteiger partial charge in [0.25, 0.3) is 13.3 Å². The summed E-state index contributed by atoms with van der Waals surface area (Å²) in [5, 5.41) is 8.48. The quantitative estimate of drug-likeness (QED) is 0.453. The van der Waals surface area contributed by atoms with Gasteiger partial charge < -0.3 is 14.9 Å². The van der Waals surface area contributed by atoms with Crippen LogP contribution in [-0.2, 0) is 20.4 Å². The zero-order valence-electron chi connectivity index (χ0n) is 15.3. The Bertz CT molecular complexity index is 218. The molecule has 128 valence electrons. The first-order valence-electron chi connectivity index (χ1n) is 6.30. The first kappa shape index (κ1) is 26.1. The smallest absolute Gasteiger partial charge is 0.358 e. The van der Waals surface area contributed by atoms with E-state index in [2.05, 4.69) is 85.2 Å². The minimum atomic E-state index is 0. The van der Waals surface area contributed by atoms with Gasteiger partial charge >= 0.3 is 20.4 Å². The molecular weight excluding hydrogens is 359 g/mol. The van der Waals surface area contributed by atoms with Crippen molar-refractivity contribution in [2.45, 2.75) is 26.2 Å². The number of rotatable bonds is 0. The Hall–Kier alpha value is 0.162. The van der Waals surface area contributed by atoms with E-state index in [1.54, 1.807) is 0 Å². The molecule has 2 aliphatic rings. The van der Waals surface area contributed by atoms with Crippen LogP contribution in [0.5, 0.6) is 0 Å². The molecule has 0 spiro atoms. The molecule has 2 fully saturated rings. The predicted octanol–water partition coefficient (Wildman–Crippen LogP) is 1.25. The molecular formula is C14H34N6Pd+2. The van der Waals surface area contributed by atoms with Crippen molar-refractivity contribution >= 4 is 0 Å². The minimum absolute atomic E-state index is 0. The summed E-state index contributed by atoms with van der Waals surface area (Å²) in [6.07, 6.45) is 0.991. The molecule has 0 bridgehead atoms. The summed E-state index contributed by atoms with van der Waals surface area (Å²) in [7, 11) is 12.4. The van der Waals surface area contributed by atoms with Crippen LogP contribution in [0.15, 0.2) is 0 Å². The number of hydrazine groups is 2. The van der Waals surface area contributed by atoms with Gasteiger partial charge in [-0.15, -0.1) is 9.80 Å². The molecule has 0 amide bonds. The number of hydrogen-bond donors (Lipinski definition) is 0. The molecule has 2 atom stereocenters. The van der Waals surface area contributed by atoms with Crippen LogP contribution in [0.3, 0.4) is 0 Å². The molecule has 0 aromatic heterocycles. The second kappa shape index (κ2) is 10.8. The van der Waals surface area contributed by atoms with Gasteiger partial charge in [0.15, 0.2) is 0 Å². The first-order valence-corrected chi connectivity index (χ1v) is 6.30. The summed E-state index contributed by atoms with van der Waals surface area (Å²) in [6, 6.07) is 0. The molecule has 2 unspecified atom stereocenters. The van der Waals surface area contributed by atoms with Crippen LogP contribution < -0.4 is 0 Å². The van der Waals surface area contributed by atoms with E-state index in [1.807, 2.05) is 14.1 Å². The van der Waals surface area contributed by atoms with E-state index in [1.165, 1.54) is 0 Å². The van der Waals surface area contributed by atoms with Gasteiger partial charge in [-0.25, -0.2) is 0 Å². The van der Waals surface area contributed by atoms with E-state index in [0.29, 0.717) is 12.3 Å². The average molecular weight is 393 g/mol. The molecule has 2 saturated heterocycles. The summed E-state index contributed by atoms with van der Waals surface area (Å²) in [5.41, 5.74) is 0. The maximum Gasteiger partial charge on any atom is 2.00 e. The van der Waals surface area contributed by atoms with Crippen molar-refractivity contribution < 1.29 is 20.4 Å². The summed E-state index contributed by atoms with van der Waals surface area (Å²) in [4.78, 5) is 4.33. The van der Waals surface area contributed by atoms with Crippen LogP contribution in [0, 0.1) is 28.2 Å². The fourth-order valence-electron chi connectivity index (χ4n) is 1.94. The van der Waals surface area contributed by atoms with Gasteiger partial charge in [-0.3, -0.25) is 0 Å². The molecule has 21 heavy (non-hydrogen) atoms. The molecule has 7 heteroatoms. The normalized spacial score (nSPS) is 28.4. The first-order chi connectivity index (χ1) is 8.25. The Morgan fingerprint density at radius 3 is 0.905 bits per heavy atom. The van der Waals surface area contributed by atoms with E-state index in [-0.39, 0.29) is 35.3 Å². The fraction of sp³-hybridized carbons (Fsp3) is 0.714. The molecule has 0 radical (unpaired) electrons. The van der Waals surface area contributed by atoms with Gasteiger partial charge in [0.05, 0.1) is 0 Å². The van der Waals surface area contributed by atoms with Gasteiger partial charge in [0, 0.05) is 42.3 Å². The van der Waals surface area contributed by atoms with Crippen molar-refractivity contribution in [3.8, 4) is 0 Å². The Morgan fingerprint density at radius 2 is 0.857 bits per heavy atom. The van der Waals surface area contributed by atoms with Gasteiger partial charge in [-0.05, 0) is 13.8 Å². The van der Waals surface area contributed by atoms with Crippen LogP contribution in [0.2, 0.25) is 0 Å². The Balaban J connectivity index is -0.000000270. The van der Waals surface area contributed by atoms with Crippen molar-refractivity contribution in [3.05, 3.63) is 28.2 Å². The van der Waals surface area contributed by atoms with Crippen molar-refractivity contribution in [1.29, 1.82) is 0 Å². The molecule has 0 aromatic carbocycles. The standard InChI is InChI=1S/2C6H14N3.2CH3.Pd/c2*1-6-7(2)5-8(3)9(6)4;;;/h2*5-6H,1-4H3;2*1H3;/q2*+1;2*-1;+2. The molecule has 6 nitrogen and oxygen atoms in total. The van der Waals surface area contributed by atoms with E-state index in [9.17, 15) is 0 Å². The fourth-order valence-corrected chi connectivity index (χ4v) is 1.94. The third-order valence-electron chi connectivity index (χ3n) is 3.95. The van der Waals surface area contributed by atoms with E-state index >= 15 is 0 Å². The van der Waals surface area contributed by atoms with Crippen molar-refractivity contribution in [3.63, 3.8) is 0 Å². The summed E-state index contributed by atoms with van der Waals surface area (Å²) in [6.45, 7) is 8.48. The zero-order chi connectivity index (χ0) is 14.0. The maximum absolute atomic E-state index is 2.17. The van der Waals surface area contributed by atoms with Crippen LogP contribution in [0.4, 0.5) is 0 Å². The monoisotopic (exact) mass is 392 g/mol. The third kappa shape index (κ3) is 6.43. The Kier molecular flexibility index (Phi) is 13.4. The van der Waals surface area contributed by atoms with Crippen LogP contribution in [0.25, 0.3) is 0 Å². The third-order valence-corrected chi connectivity index (χ3v) is 3.95. The minimum Gasteiger partial charge on any atom is -0.358 e. The summed E-state index contributed by atoms with van der Waals surface area (Å²) < 4.78 is 0. The SMILES string of the molecule is CC1N(C)[CH+]N(C)N1C.CC1N(C)[CH+]N(C)N1C.[CH3-].[CH3-].[Pd+2]. The second-order valence-corrected chi connectivity index (χ2v) is 5.12. The van der Waals surface area contributed by atoms with Crippen molar-refractivity contribution in [2.24, 2.45) is 0 Å². The largest absolute Gasteiger partial charge is 2.00 e. The summed E-state index contributed by atoms with van der Waals surface area (Å²) >= 11 is 0. The average Bonchev–Trinajstić information content (AvgIpc) is 2.66. The molecule has 0 saturated carbocycles. The maximum atomic E-state index is 2.17. The predicted molar refractivity (Wildman–Crippen MR) is 86.9 cm³/mol. The topological polar surface area (TPSA) is 19.4 Å². The molecule has 0 aliphatic carbocycles. The number of hydrogen-bond acceptors (Lipinski definition) is 6. The van der Waals surface area contributed by atoms with E-state index < -0.39 is 0 Å². The zero-order valence-corrected chi connectivity index (χ0v) is 16.9. The molecule has 0 N–H and O–H groups in total. The van der Waals surface area contributed by atoms with Crippen LogP contribution in [-0.4, -0.2) is 84.5 Å². The van der Waals surface area contributed by atoms with Gasteiger partial charge in [0.1, 0.15) is 12.3 Å². The molecule has 2 aliphatic heterocycles. The summed E-state index contributed by atoms with van der Waals surface area (Å²) in [5.74, 6) is 0. The Morgan fingerprint density at radius 1 is 0.619 bits per heavy atom. The molecule has 0 aromatic rings. The van der Waals surface area contributed by atoms with Gasteiger partial charge in [0.2, 0.25) is 0 Å².